The lowest BCUT2D eigenvalue weighted by molar-refractivity contribution is 0.467. The number of rotatable bonds is 3. The van der Waals surface area contributed by atoms with Gasteiger partial charge >= 0.3 is 0 Å². The summed E-state index contributed by atoms with van der Waals surface area (Å²) in [6.07, 6.45) is 5.96. The van der Waals surface area contributed by atoms with E-state index in [1.165, 1.54) is 27.8 Å². The molecule has 4 rings (SSSR count). The van der Waals surface area contributed by atoms with Gasteiger partial charge in [-0.2, -0.15) is 5.10 Å². The first-order chi connectivity index (χ1) is 11.3. The molecule has 1 aromatic heterocycles. The van der Waals surface area contributed by atoms with Gasteiger partial charge in [0.2, 0.25) is 0 Å². The summed E-state index contributed by atoms with van der Waals surface area (Å²) in [5.74, 6) is 0.399. The Kier molecular flexibility index (Phi) is 3.41. The molecule has 116 valence electrons. The van der Waals surface area contributed by atoms with Gasteiger partial charge in [0.05, 0.1) is 11.9 Å². The molecule has 3 nitrogen and oxygen atoms in total. The topological polar surface area (TPSA) is 48.9 Å². The number of aromatic amines is 1. The normalized spacial score (nSPS) is 12.7. The molecular weight excluding hydrogens is 284 g/mol. The van der Waals surface area contributed by atoms with E-state index in [9.17, 15) is 5.11 Å². The van der Waals surface area contributed by atoms with E-state index in [1.54, 1.807) is 0 Å². The lowest BCUT2D eigenvalue weighted by Gasteiger charge is -2.17. The van der Waals surface area contributed by atoms with Crippen molar-refractivity contribution >= 4 is 0 Å². The lowest BCUT2D eigenvalue weighted by Crippen LogP contribution is -2.02. The number of phenols is 1. The van der Waals surface area contributed by atoms with Crippen molar-refractivity contribution in [1.29, 1.82) is 0 Å². The average Bonchev–Trinajstić information content (AvgIpc) is 3.05. The first-order valence-corrected chi connectivity index (χ1v) is 8.24. The second kappa shape index (κ2) is 5.58. The zero-order chi connectivity index (χ0) is 15.8. The zero-order valence-electron chi connectivity index (χ0n) is 13.3. The average molecular weight is 304 g/mol. The highest BCUT2D eigenvalue weighted by molar-refractivity contribution is 5.75. The minimum absolute atomic E-state index is 0.399. The van der Waals surface area contributed by atoms with Gasteiger partial charge < -0.3 is 5.11 Å². The lowest BCUT2D eigenvalue weighted by atomic mass is 9.88. The van der Waals surface area contributed by atoms with Gasteiger partial charge in [-0.05, 0) is 59.2 Å². The van der Waals surface area contributed by atoms with Gasteiger partial charge in [0.25, 0.3) is 0 Å². The van der Waals surface area contributed by atoms with Crippen LogP contribution in [0.3, 0.4) is 0 Å². The molecule has 23 heavy (non-hydrogen) atoms. The number of aromatic nitrogens is 2. The van der Waals surface area contributed by atoms with Gasteiger partial charge in [0, 0.05) is 5.56 Å². The summed E-state index contributed by atoms with van der Waals surface area (Å²) in [5.41, 5.74) is 8.51. The fraction of sp³-hybridized carbons (Fsp3) is 0.250. The van der Waals surface area contributed by atoms with E-state index in [2.05, 4.69) is 41.4 Å². The largest absolute Gasteiger partial charge is 0.508 e. The van der Waals surface area contributed by atoms with E-state index in [0.717, 1.165) is 36.9 Å². The Morgan fingerprint density at radius 2 is 1.83 bits per heavy atom. The van der Waals surface area contributed by atoms with Crippen LogP contribution in [-0.4, -0.2) is 15.3 Å². The molecule has 0 spiro atoms. The molecule has 0 saturated heterocycles. The van der Waals surface area contributed by atoms with Crippen LogP contribution in [0.15, 0.2) is 42.6 Å². The highest BCUT2D eigenvalue weighted by atomic mass is 16.3. The Hall–Kier alpha value is -2.55. The molecule has 0 atom stereocenters. The predicted octanol–water partition coefficient (Wildman–Crippen LogP) is 4.50. The molecule has 1 heterocycles. The van der Waals surface area contributed by atoms with Crippen molar-refractivity contribution < 1.29 is 5.11 Å². The Bertz CT molecular complexity index is 864. The summed E-state index contributed by atoms with van der Waals surface area (Å²) in [6, 6.07) is 12.6. The summed E-state index contributed by atoms with van der Waals surface area (Å²) in [5, 5.41) is 17.3. The molecule has 0 amide bonds. The fourth-order valence-corrected chi connectivity index (χ4v) is 3.46. The monoisotopic (exact) mass is 304 g/mol. The standard InChI is InChI=1S/C20H20N2O/c1-2-3-16-11-14(7-9-19(16)23)13-6-8-18-15(10-13)4-5-17-12-21-22-20(17)18/h6-12,23H,2-5H2,1H3,(H,21,22). The quantitative estimate of drug-likeness (QED) is 0.748. The fourth-order valence-electron chi connectivity index (χ4n) is 3.46. The second-order valence-corrected chi connectivity index (χ2v) is 6.24. The van der Waals surface area contributed by atoms with Crippen LogP contribution in [0.4, 0.5) is 0 Å². The first kappa shape index (κ1) is 14.1. The molecule has 0 unspecified atom stereocenters. The van der Waals surface area contributed by atoms with Crippen molar-refractivity contribution in [1.82, 2.24) is 10.2 Å². The molecule has 0 aliphatic heterocycles. The molecule has 0 bridgehead atoms. The molecule has 0 saturated carbocycles. The van der Waals surface area contributed by atoms with Crippen molar-refractivity contribution in [3.05, 3.63) is 59.3 Å². The van der Waals surface area contributed by atoms with Crippen molar-refractivity contribution in [2.45, 2.75) is 32.6 Å². The summed E-state index contributed by atoms with van der Waals surface area (Å²) < 4.78 is 0. The van der Waals surface area contributed by atoms with E-state index in [-0.39, 0.29) is 0 Å². The van der Waals surface area contributed by atoms with Crippen molar-refractivity contribution in [3.63, 3.8) is 0 Å². The predicted molar refractivity (Wildman–Crippen MR) is 92.5 cm³/mol. The molecule has 1 aliphatic carbocycles. The van der Waals surface area contributed by atoms with E-state index in [1.807, 2.05) is 18.3 Å². The van der Waals surface area contributed by atoms with Crippen LogP contribution in [0.5, 0.6) is 5.75 Å². The van der Waals surface area contributed by atoms with Crippen molar-refractivity contribution in [2.24, 2.45) is 0 Å². The third kappa shape index (κ3) is 2.42. The molecule has 1 aliphatic rings. The number of benzene rings is 2. The van der Waals surface area contributed by atoms with E-state index < -0.39 is 0 Å². The Morgan fingerprint density at radius 3 is 2.70 bits per heavy atom. The molecule has 3 heteroatoms. The highest BCUT2D eigenvalue weighted by Gasteiger charge is 2.18. The Morgan fingerprint density at radius 1 is 1.04 bits per heavy atom. The van der Waals surface area contributed by atoms with Crippen molar-refractivity contribution in [2.75, 3.05) is 0 Å². The molecular formula is C20H20N2O. The zero-order valence-corrected chi connectivity index (χ0v) is 13.3. The highest BCUT2D eigenvalue weighted by Crippen LogP contribution is 2.35. The Labute approximate surface area is 136 Å². The van der Waals surface area contributed by atoms with Crippen LogP contribution in [0.2, 0.25) is 0 Å². The van der Waals surface area contributed by atoms with E-state index in [4.69, 9.17) is 0 Å². The third-order valence-corrected chi connectivity index (χ3v) is 4.69. The van der Waals surface area contributed by atoms with E-state index in [0.29, 0.717) is 5.75 Å². The van der Waals surface area contributed by atoms with Crippen LogP contribution >= 0.6 is 0 Å². The second-order valence-electron chi connectivity index (χ2n) is 6.24. The number of nitrogens with one attached hydrogen (secondary N) is 1. The van der Waals surface area contributed by atoms with Crippen LogP contribution in [-0.2, 0) is 19.3 Å². The van der Waals surface area contributed by atoms with Gasteiger partial charge in [-0.25, -0.2) is 0 Å². The van der Waals surface area contributed by atoms with Crippen LogP contribution in [0, 0.1) is 0 Å². The molecule has 3 aromatic rings. The summed E-state index contributed by atoms with van der Waals surface area (Å²) in [4.78, 5) is 0. The number of fused-ring (bicyclic) bond motifs is 3. The smallest absolute Gasteiger partial charge is 0.118 e. The maximum Gasteiger partial charge on any atom is 0.118 e. The van der Waals surface area contributed by atoms with Crippen molar-refractivity contribution in [3.8, 4) is 28.1 Å². The minimum Gasteiger partial charge on any atom is -0.508 e. The molecule has 2 N–H and O–H groups in total. The number of hydrogen-bond donors (Lipinski definition) is 2. The van der Waals surface area contributed by atoms with Gasteiger partial charge in [0.1, 0.15) is 5.75 Å². The summed E-state index contributed by atoms with van der Waals surface area (Å²) in [6.45, 7) is 2.13. The number of hydrogen-bond acceptors (Lipinski definition) is 2. The van der Waals surface area contributed by atoms with Crippen LogP contribution < -0.4 is 0 Å². The summed E-state index contributed by atoms with van der Waals surface area (Å²) in [7, 11) is 0. The summed E-state index contributed by atoms with van der Waals surface area (Å²) >= 11 is 0. The van der Waals surface area contributed by atoms with Gasteiger partial charge in [-0.1, -0.05) is 37.6 Å². The molecule has 2 aromatic carbocycles. The van der Waals surface area contributed by atoms with E-state index >= 15 is 0 Å². The number of aromatic hydroxyl groups is 1. The first-order valence-electron chi connectivity index (χ1n) is 8.24. The molecule has 0 fully saturated rings. The SMILES string of the molecule is CCCc1cc(-c2ccc3c(c2)CCc2cn[nH]c2-3)ccc1O. The number of phenolic OH excluding ortho intramolecular Hbond substituents is 1. The van der Waals surface area contributed by atoms with Gasteiger partial charge in [-0.3, -0.25) is 5.10 Å². The van der Waals surface area contributed by atoms with Gasteiger partial charge in [-0.15, -0.1) is 0 Å². The minimum atomic E-state index is 0.399. The van der Waals surface area contributed by atoms with Gasteiger partial charge in [0.15, 0.2) is 0 Å². The third-order valence-electron chi connectivity index (χ3n) is 4.69. The maximum absolute atomic E-state index is 9.98. The number of nitrogens with zero attached hydrogens (tertiary/aromatic N) is 1. The van der Waals surface area contributed by atoms with Crippen LogP contribution in [0.25, 0.3) is 22.4 Å². The number of aryl methyl sites for hydroxylation is 3. The molecule has 0 radical (unpaired) electrons. The Balaban J connectivity index is 1.76. The maximum atomic E-state index is 9.98. The number of H-pyrrole nitrogens is 1. The van der Waals surface area contributed by atoms with Crippen LogP contribution in [0.1, 0.15) is 30.0 Å².